The summed E-state index contributed by atoms with van der Waals surface area (Å²) in [6, 6.07) is 2.87. The Bertz CT molecular complexity index is 2040. The molecule has 1 aromatic heterocycles. The van der Waals surface area contributed by atoms with E-state index in [1.165, 1.54) is 31.1 Å². The monoisotopic (exact) mass is 766 g/mol. The molecule has 3 aromatic rings. The van der Waals surface area contributed by atoms with Gasteiger partial charge in [-0.3, -0.25) is 9.59 Å². The van der Waals surface area contributed by atoms with Crippen molar-refractivity contribution in [3.05, 3.63) is 110 Å². The number of anilines is 1. The number of likely N-dealkylation sites (N-methyl/N-ethyl adjacent to an activating group) is 1. The van der Waals surface area contributed by atoms with Crippen molar-refractivity contribution in [2.24, 2.45) is 18.4 Å². The minimum Gasteiger partial charge on any atom is -0.480 e. The fourth-order valence-corrected chi connectivity index (χ4v) is 8.30. The predicted octanol–water partition coefficient (Wildman–Crippen LogP) is 6.45. The fraction of sp³-hybridized carbons (Fsp3) is 0.447. The largest absolute Gasteiger partial charge is 0.480 e. The minimum atomic E-state index is -4.86. The van der Waals surface area contributed by atoms with Gasteiger partial charge in [-0.25, -0.2) is 13.6 Å². The second kappa shape index (κ2) is 14.2. The number of nitrogens with zero attached hydrogens (tertiary/aromatic N) is 3. The van der Waals surface area contributed by atoms with Gasteiger partial charge in [-0.05, 0) is 72.5 Å². The van der Waals surface area contributed by atoms with E-state index in [0.29, 0.717) is 41.7 Å². The quantitative estimate of drug-likeness (QED) is 0.202. The van der Waals surface area contributed by atoms with Crippen molar-refractivity contribution in [3.63, 3.8) is 0 Å². The number of amides is 1. The number of aliphatic carboxylic acids is 1. The number of fused-ring (bicyclic) bond motifs is 2. The Hall–Kier alpha value is -4.73. The zero-order valence-electron chi connectivity index (χ0n) is 29.5. The van der Waals surface area contributed by atoms with Gasteiger partial charge >= 0.3 is 18.3 Å². The molecule has 16 heteroatoms. The molecule has 0 radical (unpaired) electrons. The van der Waals surface area contributed by atoms with E-state index in [1.807, 2.05) is 19.1 Å². The van der Waals surface area contributed by atoms with Crippen LogP contribution in [0.15, 0.2) is 59.5 Å². The van der Waals surface area contributed by atoms with E-state index < -0.39 is 100 Å². The Labute approximate surface area is 305 Å². The SMILES string of the molecule is CC[C@]12CC1/C=C\Cc1c(C[C@H](NC(=O)c3c(F)cc(N4CCN(C)C[C@@H]4C(F)(F)F)cc3F)C(=O)O)cccc1C2c1c(C(F)(F)F)ccn(C)c1=O. The standard InChI is InChI=1S/C38H38F8N4O4/c1-4-36-18-21(36)8-6-9-23-20(7-5-10-24(23)32(36)30-25(37(41,42)43)11-12-49(3)34(30)52)15-28(35(53)54)47-33(51)31-26(39)16-22(17-27(31)40)50-14-13-48(2)19-29(50)38(44,45)46/h5-8,10-12,16-17,21,28-29,32H,4,9,13-15,18-19H2,1-3H3,(H,47,51)(H,53,54)/b8-6-/t21?,28-,29+,32?,36-/m0/s1. The number of rotatable bonds is 8. The van der Waals surface area contributed by atoms with Gasteiger partial charge < -0.3 is 24.8 Å². The fourth-order valence-electron chi connectivity index (χ4n) is 8.30. The summed E-state index contributed by atoms with van der Waals surface area (Å²) >= 11 is 0. The first-order chi connectivity index (χ1) is 25.3. The Morgan fingerprint density at radius 1 is 1.04 bits per heavy atom. The summed E-state index contributed by atoms with van der Waals surface area (Å²) in [4.78, 5) is 41.7. The first-order valence-electron chi connectivity index (χ1n) is 17.4. The summed E-state index contributed by atoms with van der Waals surface area (Å²) in [7, 11) is 2.84. The molecule has 2 aliphatic carbocycles. The summed E-state index contributed by atoms with van der Waals surface area (Å²) < 4.78 is 117. The molecule has 2 N–H and O–H groups in total. The molecular weight excluding hydrogens is 728 g/mol. The molecule has 2 fully saturated rings. The third kappa shape index (κ3) is 7.11. The van der Waals surface area contributed by atoms with Crippen molar-refractivity contribution >= 4 is 17.6 Å². The van der Waals surface area contributed by atoms with Crippen LogP contribution in [0, 0.1) is 23.0 Å². The molecule has 290 valence electrons. The molecule has 1 aliphatic heterocycles. The van der Waals surface area contributed by atoms with Crippen LogP contribution in [0.25, 0.3) is 0 Å². The van der Waals surface area contributed by atoms with E-state index >= 15 is 8.78 Å². The van der Waals surface area contributed by atoms with E-state index in [-0.39, 0.29) is 25.4 Å². The first kappa shape index (κ1) is 39.0. The number of hydrogen-bond acceptors (Lipinski definition) is 5. The number of alkyl halides is 6. The molecule has 2 unspecified atom stereocenters. The number of hydrogen-bond donors (Lipinski definition) is 2. The van der Waals surface area contributed by atoms with Gasteiger partial charge in [0.05, 0.1) is 5.56 Å². The maximum atomic E-state index is 15.4. The molecule has 1 saturated carbocycles. The molecule has 1 amide bonds. The number of aryl methyl sites for hydroxylation is 1. The lowest BCUT2D eigenvalue weighted by molar-refractivity contribution is -0.155. The van der Waals surface area contributed by atoms with Crippen LogP contribution in [-0.4, -0.2) is 71.4 Å². The van der Waals surface area contributed by atoms with Crippen molar-refractivity contribution < 1.29 is 49.8 Å². The van der Waals surface area contributed by atoms with Crippen molar-refractivity contribution in [1.82, 2.24) is 14.8 Å². The third-order valence-corrected chi connectivity index (χ3v) is 11.2. The van der Waals surface area contributed by atoms with Crippen molar-refractivity contribution in [3.8, 4) is 0 Å². The summed E-state index contributed by atoms with van der Waals surface area (Å²) in [5.41, 5.74) is -3.52. The molecule has 0 spiro atoms. The number of halogens is 8. The second-order valence-electron chi connectivity index (χ2n) is 14.4. The van der Waals surface area contributed by atoms with Crippen LogP contribution in [0.2, 0.25) is 0 Å². The molecule has 5 atom stereocenters. The number of allylic oxidation sites excluding steroid dienone is 2. The summed E-state index contributed by atoms with van der Waals surface area (Å²) in [5, 5.41) is 12.3. The van der Waals surface area contributed by atoms with Gasteiger partial charge in [-0.2, -0.15) is 26.3 Å². The smallest absolute Gasteiger partial charge is 0.416 e. The number of nitrogens with one attached hydrogen (secondary N) is 1. The lowest BCUT2D eigenvalue weighted by atomic mass is 9.71. The van der Waals surface area contributed by atoms with E-state index in [4.69, 9.17) is 0 Å². The van der Waals surface area contributed by atoms with Crippen molar-refractivity contribution in [2.75, 3.05) is 31.6 Å². The highest BCUT2D eigenvalue weighted by molar-refractivity contribution is 5.97. The third-order valence-electron chi connectivity index (χ3n) is 11.2. The summed E-state index contributed by atoms with van der Waals surface area (Å²) in [5.74, 6) is -7.21. The van der Waals surface area contributed by atoms with Gasteiger partial charge in [0.25, 0.3) is 11.5 Å². The topological polar surface area (TPSA) is 94.9 Å². The molecule has 2 heterocycles. The maximum absolute atomic E-state index is 15.4. The molecular formula is C38H38F8N4O4. The Kier molecular flexibility index (Phi) is 10.2. The molecule has 1 saturated heterocycles. The van der Waals surface area contributed by atoms with E-state index in [1.54, 1.807) is 6.07 Å². The van der Waals surface area contributed by atoms with E-state index in [2.05, 4.69) is 5.32 Å². The normalized spacial score (nSPS) is 24.1. The molecule has 6 rings (SSSR count). The van der Waals surface area contributed by atoms with Crippen LogP contribution in [0.3, 0.4) is 0 Å². The number of aromatic nitrogens is 1. The molecule has 8 nitrogen and oxygen atoms in total. The first-order valence-corrected chi connectivity index (χ1v) is 17.4. The van der Waals surface area contributed by atoms with Gasteiger partial charge in [-0.1, -0.05) is 37.3 Å². The molecule has 2 aromatic carbocycles. The summed E-state index contributed by atoms with van der Waals surface area (Å²) in [6.45, 7) is 1.34. The Morgan fingerprint density at radius 3 is 2.33 bits per heavy atom. The average Bonchev–Trinajstić information content (AvgIpc) is 3.77. The number of carboxylic acid groups (broad SMARTS) is 1. The highest BCUT2D eigenvalue weighted by Gasteiger charge is 2.59. The number of benzene rings is 2. The lowest BCUT2D eigenvalue weighted by Crippen LogP contribution is -2.58. The van der Waals surface area contributed by atoms with Gasteiger partial charge in [0.2, 0.25) is 0 Å². The zero-order valence-corrected chi connectivity index (χ0v) is 29.5. The number of pyridine rings is 1. The minimum absolute atomic E-state index is 0.117. The van der Waals surface area contributed by atoms with Crippen LogP contribution in [0.5, 0.6) is 0 Å². The van der Waals surface area contributed by atoms with Gasteiger partial charge in [0.15, 0.2) is 0 Å². The average molecular weight is 767 g/mol. The number of carbonyl (C=O) groups is 2. The molecule has 0 bridgehead atoms. The number of piperazine rings is 1. The highest BCUT2D eigenvalue weighted by Crippen LogP contribution is 2.67. The van der Waals surface area contributed by atoms with Crippen LogP contribution in [0.4, 0.5) is 40.8 Å². The van der Waals surface area contributed by atoms with Crippen molar-refractivity contribution in [2.45, 2.75) is 63.0 Å². The predicted molar refractivity (Wildman–Crippen MR) is 182 cm³/mol. The molecule has 3 aliphatic rings. The van der Waals surface area contributed by atoms with Crippen LogP contribution < -0.4 is 15.8 Å². The van der Waals surface area contributed by atoms with Gasteiger partial charge in [0, 0.05) is 56.5 Å². The Morgan fingerprint density at radius 2 is 1.72 bits per heavy atom. The van der Waals surface area contributed by atoms with Crippen molar-refractivity contribution in [1.29, 1.82) is 0 Å². The molecule has 54 heavy (non-hydrogen) atoms. The Balaban J connectivity index is 1.35. The summed E-state index contributed by atoms with van der Waals surface area (Å²) in [6.07, 6.45) is -4.16. The van der Waals surface area contributed by atoms with E-state index in [0.717, 1.165) is 21.7 Å². The number of carboxylic acids is 1. The maximum Gasteiger partial charge on any atom is 0.416 e. The van der Waals surface area contributed by atoms with E-state index in [9.17, 15) is 45.8 Å². The van der Waals surface area contributed by atoms with Gasteiger partial charge in [0.1, 0.15) is 29.3 Å². The van der Waals surface area contributed by atoms with Crippen LogP contribution in [0.1, 0.15) is 63.9 Å². The zero-order chi connectivity index (χ0) is 39.5. The van der Waals surface area contributed by atoms with Crippen LogP contribution in [-0.2, 0) is 30.9 Å². The van der Waals surface area contributed by atoms with Crippen LogP contribution >= 0.6 is 0 Å². The van der Waals surface area contributed by atoms with Gasteiger partial charge in [-0.15, -0.1) is 0 Å². The highest BCUT2D eigenvalue weighted by atomic mass is 19.4. The second-order valence-corrected chi connectivity index (χ2v) is 14.4. The number of carbonyl (C=O) groups excluding carboxylic acids is 1. The lowest BCUT2D eigenvalue weighted by Gasteiger charge is -2.42.